The van der Waals surface area contributed by atoms with Crippen LogP contribution in [0, 0.1) is 5.92 Å². The second kappa shape index (κ2) is 12.2. The van der Waals surface area contributed by atoms with Gasteiger partial charge in [-0.25, -0.2) is 9.78 Å². The van der Waals surface area contributed by atoms with E-state index in [1.54, 1.807) is 33.0 Å². The number of pyridine rings is 1. The number of rotatable bonds is 6. The molecule has 2 aliphatic rings. The number of halogens is 3. The number of carbonyl (C=O) groups excluding carboxylic acids is 3. The maximum absolute atomic E-state index is 13.7. The van der Waals surface area contributed by atoms with E-state index < -0.39 is 35.3 Å². The van der Waals surface area contributed by atoms with Crippen LogP contribution < -0.4 is 20.7 Å². The topological polar surface area (TPSA) is 119 Å². The summed E-state index contributed by atoms with van der Waals surface area (Å²) >= 11 is 0. The predicted molar refractivity (Wildman–Crippen MR) is 156 cm³/mol. The molecule has 232 valence electrons. The number of anilines is 2. The van der Waals surface area contributed by atoms with Gasteiger partial charge in [0.15, 0.2) is 0 Å². The number of aromatic nitrogens is 1. The van der Waals surface area contributed by atoms with Gasteiger partial charge in [-0.1, -0.05) is 6.07 Å². The fourth-order valence-electron chi connectivity index (χ4n) is 5.26. The van der Waals surface area contributed by atoms with Gasteiger partial charge in [0.1, 0.15) is 22.9 Å². The van der Waals surface area contributed by atoms with Crippen LogP contribution in [0.25, 0.3) is 0 Å². The molecule has 1 aromatic heterocycles. The largest absolute Gasteiger partial charge is 0.457 e. The van der Waals surface area contributed by atoms with Crippen LogP contribution in [0.1, 0.15) is 61.4 Å². The van der Waals surface area contributed by atoms with Gasteiger partial charge in [-0.15, -0.1) is 0 Å². The number of aryl methyl sites for hydroxylation is 1. The van der Waals surface area contributed by atoms with Crippen LogP contribution in [0.4, 0.5) is 29.5 Å². The lowest BCUT2D eigenvalue weighted by atomic mass is 9.83. The molecule has 0 saturated carbocycles. The van der Waals surface area contributed by atoms with Crippen LogP contribution in [0.15, 0.2) is 48.7 Å². The molecule has 3 N–H and O–H groups in total. The highest BCUT2D eigenvalue weighted by Gasteiger charge is 2.32. The molecule has 0 bridgehead atoms. The summed E-state index contributed by atoms with van der Waals surface area (Å²) < 4.78 is 52.3. The summed E-state index contributed by atoms with van der Waals surface area (Å²) in [6, 6.07) is 10.6. The zero-order valence-electron chi connectivity index (χ0n) is 24.6. The lowest BCUT2D eigenvalue weighted by molar-refractivity contribution is -0.137. The minimum atomic E-state index is -4.65. The summed E-state index contributed by atoms with van der Waals surface area (Å²) in [6.45, 7) is 4.82. The Hall–Kier alpha value is -4.61. The van der Waals surface area contributed by atoms with Crippen molar-refractivity contribution in [3.63, 3.8) is 0 Å². The first-order valence-corrected chi connectivity index (χ1v) is 14.3. The smallest absolute Gasteiger partial charge is 0.416 e. The van der Waals surface area contributed by atoms with E-state index >= 15 is 0 Å². The zero-order chi connectivity index (χ0) is 31.6. The Bertz CT molecular complexity index is 1600. The Balaban J connectivity index is 1.28. The molecule has 0 spiro atoms. The van der Waals surface area contributed by atoms with E-state index in [0.29, 0.717) is 49.4 Å². The van der Waals surface area contributed by atoms with Crippen molar-refractivity contribution < 1.29 is 37.0 Å². The Morgan fingerprint density at radius 3 is 2.57 bits per heavy atom. The van der Waals surface area contributed by atoms with E-state index in [2.05, 4.69) is 20.9 Å². The summed E-state index contributed by atoms with van der Waals surface area (Å²) in [7, 11) is 0. The molecular formula is C32H33F3N4O5. The Morgan fingerprint density at radius 2 is 1.82 bits per heavy atom. The van der Waals surface area contributed by atoms with Crippen LogP contribution in [-0.2, 0) is 46.3 Å². The van der Waals surface area contributed by atoms with E-state index in [4.69, 9.17) is 9.47 Å². The van der Waals surface area contributed by atoms with Gasteiger partial charge in [-0.05, 0) is 99.5 Å². The van der Waals surface area contributed by atoms with E-state index in [-0.39, 0.29) is 23.7 Å². The average molecular weight is 611 g/mol. The monoisotopic (exact) mass is 610 g/mol. The zero-order valence-corrected chi connectivity index (χ0v) is 24.6. The molecule has 9 nitrogen and oxygen atoms in total. The highest BCUT2D eigenvalue weighted by atomic mass is 19.4. The number of hydrogen-bond donors (Lipinski definition) is 3. The van der Waals surface area contributed by atoms with Gasteiger partial charge in [-0.2, -0.15) is 13.2 Å². The van der Waals surface area contributed by atoms with Crippen molar-refractivity contribution in [2.75, 3.05) is 10.6 Å². The molecule has 44 heavy (non-hydrogen) atoms. The average Bonchev–Trinajstić information content (AvgIpc) is 2.94. The van der Waals surface area contributed by atoms with Crippen molar-refractivity contribution in [1.82, 2.24) is 10.3 Å². The van der Waals surface area contributed by atoms with Gasteiger partial charge in [-0.3, -0.25) is 9.59 Å². The number of nitrogens with one attached hydrogen (secondary N) is 3. The van der Waals surface area contributed by atoms with Crippen LogP contribution in [0.5, 0.6) is 11.5 Å². The van der Waals surface area contributed by atoms with Crippen molar-refractivity contribution in [3.05, 3.63) is 76.5 Å². The number of alkyl carbamates (subject to hydrolysis) is 1. The Kier molecular flexibility index (Phi) is 8.53. The van der Waals surface area contributed by atoms with Gasteiger partial charge in [0.2, 0.25) is 11.8 Å². The predicted octanol–water partition coefficient (Wildman–Crippen LogP) is 6.55. The van der Waals surface area contributed by atoms with Crippen LogP contribution in [0.3, 0.4) is 0 Å². The molecule has 1 aliphatic heterocycles. The van der Waals surface area contributed by atoms with Crippen LogP contribution >= 0.6 is 0 Å². The first kappa shape index (κ1) is 30.8. The number of alkyl halides is 3. The fraction of sp³-hybridized carbons (Fsp3) is 0.375. The number of carbonyl (C=O) groups is 3. The van der Waals surface area contributed by atoms with Crippen molar-refractivity contribution in [3.8, 4) is 11.5 Å². The maximum Gasteiger partial charge on any atom is 0.416 e. The lowest BCUT2D eigenvalue weighted by Crippen LogP contribution is -2.32. The molecule has 2 aromatic carbocycles. The first-order valence-electron chi connectivity index (χ1n) is 14.3. The third kappa shape index (κ3) is 7.66. The van der Waals surface area contributed by atoms with Crippen molar-refractivity contribution in [1.29, 1.82) is 0 Å². The number of ether oxygens (including phenoxy) is 2. The van der Waals surface area contributed by atoms with Gasteiger partial charge in [0, 0.05) is 36.3 Å². The van der Waals surface area contributed by atoms with Gasteiger partial charge >= 0.3 is 12.3 Å². The molecule has 1 unspecified atom stereocenters. The molecule has 5 rings (SSSR count). The molecule has 0 saturated heterocycles. The molecule has 2 heterocycles. The van der Waals surface area contributed by atoms with E-state index in [1.165, 1.54) is 6.07 Å². The summed E-state index contributed by atoms with van der Waals surface area (Å²) in [5.41, 5.74) is 1.24. The first-order chi connectivity index (χ1) is 20.7. The van der Waals surface area contributed by atoms with Crippen molar-refractivity contribution in [2.24, 2.45) is 5.92 Å². The molecule has 0 fully saturated rings. The van der Waals surface area contributed by atoms with Gasteiger partial charge in [0.05, 0.1) is 5.56 Å². The van der Waals surface area contributed by atoms with Crippen LogP contribution in [-0.4, -0.2) is 28.5 Å². The number of fused-ring (bicyclic) bond motifs is 2. The second-order valence-electron chi connectivity index (χ2n) is 11.9. The minimum Gasteiger partial charge on any atom is -0.457 e. The highest BCUT2D eigenvalue weighted by molar-refractivity contribution is 5.94. The molecule has 1 atom stereocenters. The highest BCUT2D eigenvalue weighted by Crippen LogP contribution is 2.36. The second-order valence-corrected chi connectivity index (χ2v) is 11.9. The van der Waals surface area contributed by atoms with Gasteiger partial charge < -0.3 is 25.4 Å². The summed E-state index contributed by atoms with van der Waals surface area (Å²) in [5, 5.41) is 7.86. The molecule has 3 aromatic rings. The SMILES string of the molecule is CC(C)(C)OC(=O)NCc1cc(NC(=O)C2CCc3ccc(Oc4ccnc5c4CCC(=O)N5)cc3C2)cc(C(F)(F)F)c1. The molecule has 1 aliphatic carbocycles. The fourth-order valence-corrected chi connectivity index (χ4v) is 5.26. The molecular weight excluding hydrogens is 577 g/mol. The van der Waals surface area contributed by atoms with E-state index in [1.807, 2.05) is 18.2 Å². The van der Waals surface area contributed by atoms with E-state index in [9.17, 15) is 27.6 Å². The van der Waals surface area contributed by atoms with Crippen molar-refractivity contribution >= 4 is 29.4 Å². The third-order valence-electron chi connectivity index (χ3n) is 7.30. The number of amides is 3. The van der Waals surface area contributed by atoms with Crippen molar-refractivity contribution in [2.45, 2.75) is 71.2 Å². The standard InChI is InChI=1S/C32H33F3N4O5/c1-31(2,3)44-30(42)37-17-18-12-22(32(33,34)35)16-23(13-18)38-29(41)20-5-4-19-6-7-24(15-21(19)14-20)43-26-10-11-36-28-25(26)8-9-27(40)39-28/h6-7,10-13,15-16,20H,4-5,8-9,14,17H2,1-3H3,(H,37,42)(H,38,41)(H,36,39,40). The normalized spacial score (nSPS) is 16.2. The quantitative estimate of drug-likeness (QED) is 0.292. The Labute approximate surface area is 252 Å². The molecule has 12 heteroatoms. The number of benzene rings is 2. The van der Waals surface area contributed by atoms with Gasteiger partial charge in [0.25, 0.3) is 0 Å². The molecule has 3 amide bonds. The number of hydrogen-bond acceptors (Lipinski definition) is 6. The summed E-state index contributed by atoms with van der Waals surface area (Å²) in [5.74, 6) is 0.661. The minimum absolute atomic E-state index is 0.0109. The van der Waals surface area contributed by atoms with Crippen LogP contribution in [0.2, 0.25) is 0 Å². The Morgan fingerprint density at radius 1 is 1.02 bits per heavy atom. The van der Waals surface area contributed by atoms with E-state index in [0.717, 1.165) is 28.8 Å². The lowest BCUT2D eigenvalue weighted by Gasteiger charge is -2.25. The number of nitrogens with zero attached hydrogens (tertiary/aromatic N) is 1. The summed E-state index contributed by atoms with van der Waals surface area (Å²) in [4.78, 5) is 41.3. The maximum atomic E-state index is 13.7. The molecule has 0 radical (unpaired) electrons. The summed E-state index contributed by atoms with van der Waals surface area (Å²) in [6.07, 6.45) is -1.47. The third-order valence-corrected chi connectivity index (χ3v) is 7.30.